The molecule has 0 spiro atoms. The zero-order chi connectivity index (χ0) is 14.8. The quantitative estimate of drug-likeness (QED) is 0.662. The van der Waals surface area contributed by atoms with Gasteiger partial charge in [0.2, 0.25) is 0 Å². The van der Waals surface area contributed by atoms with Crippen LogP contribution in [0.3, 0.4) is 0 Å². The Morgan fingerprint density at radius 2 is 1.85 bits per heavy atom. The molecular weight excluding hydrogens is 330 g/mol. The van der Waals surface area contributed by atoms with E-state index in [-0.39, 0.29) is 5.92 Å². The zero-order valence-electron chi connectivity index (χ0n) is 12.4. The van der Waals surface area contributed by atoms with Crippen molar-refractivity contribution in [1.29, 1.82) is 5.26 Å². The van der Waals surface area contributed by atoms with Gasteiger partial charge in [0, 0.05) is 14.6 Å². The van der Waals surface area contributed by atoms with Crippen molar-refractivity contribution in [3.05, 3.63) is 28.7 Å². The van der Waals surface area contributed by atoms with Crippen molar-refractivity contribution in [2.45, 2.75) is 50.2 Å². The van der Waals surface area contributed by atoms with Gasteiger partial charge in [-0.25, -0.2) is 0 Å². The van der Waals surface area contributed by atoms with Crippen molar-refractivity contribution < 1.29 is 0 Å². The summed E-state index contributed by atoms with van der Waals surface area (Å²) in [6, 6.07) is 11.0. The van der Waals surface area contributed by atoms with Gasteiger partial charge in [0.25, 0.3) is 0 Å². The molecule has 0 saturated heterocycles. The second kappa shape index (κ2) is 6.54. The van der Waals surface area contributed by atoms with Gasteiger partial charge in [0.15, 0.2) is 0 Å². The molecule has 0 radical (unpaired) electrons. The van der Waals surface area contributed by atoms with E-state index in [0.29, 0.717) is 10.7 Å². The molecule has 1 aliphatic carbocycles. The predicted molar refractivity (Wildman–Crippen MR) is 89.7 cm³/mol. The molecule has 1 saturated carbocycles. The fraction of sp³-hybridized carbons (Fsp3) is 0.588. The largest absolute Gasteiger partial charge is 0.198 e. The maximum Gasteiger partial charge on any atom is 0.0667 e. The Bertz CT molecular complexity index is 483. The second-order valence-electron chi connectivity index (χ2n) is 6.72. The summed E-state index contributed by atoms with van der Waals surface area (Å²) < 4.78 is 1.11. The SMILES string of the molecule is CC(C)(C)C1CCC(C#N)C(Sc2ccc(Br)cc2)C1. The van der Waals surface area contributed by atoms with Crippen LogP contribution in [-0.4, -0.2) is 5.25 Å². The van der Waals surface area contributed by atoms with E-state index in [1.807, 2.05) is 11.8 Å². The lowest BCUT2D eigenvalue weighted by atomic mass is 9.70. The Morgan fingerprint density at radius 3 is 2.40 bits per heavy atom. The maximum atomic E-state index is 9.40. The van der Waals surface area contributed by atoms with E-state index >= 15 is 0 Å². The van der Waals surface area contributed by atoms with Crippen LogP contribution >= 0.6 is 27.7 Å². The molecular formula is C17H22BrNS. The molecule has 0 bridgehead atoms. The van der Waals surface area contributed by atoms with E-state index in [4.69, 9.17) is 0 Å². The minimum absolute atomic E-state index is 0.197. The minimum Gasteiger partial charge on any atom is -0.198 e. The van der Waals surface area contributed by atoms with Crippen molar-refractivity contribution >= 4 is 27.7 Å². The Balaban J connectivity index is 2.09. The summed E-state index contributed by atoms with van der Waals surface area (Å²) in [6.45, 7) is 6.98. The first-order valence-electron chi connectivity index (χ1n) is 7.22. The minimum atomic E-state index is 0.197. The summed E-state index contributed by atoms with van der Waals surface area (Å²) in [6.07, 6.45) is 3.40. The molecule has 1 aliphatic rings. The molecule has 0 aromatic heterocycles. The highest BCUT2D eigenvalue weighted by molar-refractivity contribution is 9.10. The number of benzene rings is 1. The Morgan fingerprint density at radius 1 is 1.20 bits per heavy atom. The van der Waals surface area contributed by atoms with Gasteiger partial charge in [-0.2, -0.15) is 5.26 Å². The Labute approximate surface area is 135 Å². The van der Waals surface area contributed by atoms with Crippen LogP contribution in [0.4, 0.5) is 0 Å². The van der Waals surface area contributed by atoms with E-state index in [1.54, 1.807) is 0 Å². The molecule has 3 heteroatoms. The molecule has 1 aromatic carbocycles. The summed E-state index contributed by atoms with van der Waals surface area (Å²) in [5.41, 5.74) is 0.346. The zero-order valence-corrected chi connectivity index (χ0v) is 14.8. The van der Waals surface area contributed by atoms with E-state index in [9.17, 15) is 5.26 Å². The van der Waals surface area contributed by atoms with Crippen LogP contribution in [0, 0.1) is 28.6 Å². The van der Waals surface area contributed by atoms with Gasteiger partial charge in [-0.1, -0.05) is 36.7 Å². The lowest BCUT2D eigenvalue weighted by molar-refractivity contribution is 0.169. The highest BCUT2D eigenvalue weighted by Gasteiger charge is 2.36. The van der Waals surface area contributed by atoms with Crippen molar-refractivity contribution in [2.75, 3.05) is 0 Å². The average molecular weight is 352 g/mol. The molecule has 1 nitrogen and oxygen atoms in total. The second-order valence-corrected chi connectivity index (χ2v) is 8.95. The van der Waals surface area contributed by atoms with Crippen LogP contribution < -0.4 is 0 Å². The van der Waals surface area contributed by atoms with E-state index in [0.717, 1.165) is 23.2 Å². The summed E-state index contributed by atoms with van der Waals surface area (Å²) in [4.78, 5) is 1.27. The summed E-state index contributed by atoms with van der Waals surface area (Å²) >= 11 is 5.35. The lowest BCUT2D eigenvalue weighted by Crippen LogP contribution is -2.32. The molecule has 20 heavy (non-hydrogen) atoms. The van der Waals surface area contributed by atoms with Gasteiger partial charge in [-0.3, -0.25) is 0 Å². The Hall–Kier alpha value is -0.460. The molecule has 3 atom stereocenters. The first-order valence-corrected chi connectivity index (χ1v) is 8.89. The highest BCUT2D eigenvalue weighted by atomic mass is 79.9. The third-order valence-corrected chi connectivity index (χ3v) is 6.18. The molecule has 0 aliphatic heterocycles. The summed E-state index contributed by atoms with van der Waals surface area (Å²) in [5.74, 6) is 0.919. The highest BCUT2D eigenvalue weighted by Crippen LogP contribution is 2.45. The molecule has 0 amide bonds. The monoisotopic (exact) mass is 351 g/mol. The fourth-order valence-corrected chi connectivity index (χ4v) is 4.48. The van der Waals surface area contributed by atoms with Crippen molar-refractivity contribution in [2.24, 2.45) is 17.3 Å². The van der Waals surface area contributed by atoms with Crippen LogP contribution in [0.1, 0.15) is 40.0 Å². The topological polar surface area (TPSA) is 23.8 Å². The lowest BCUT2D eigenvalue weighted by Gasteiger charge is -2.39. The van der Waals surface area contributed by atoms with Crippen molar-refractivity contribution in [3.63, 3.8) is 0 Å². The van der Waals surface area contributed by atoms with E-state index in [2.05, 4.69) is 67.0 Å². The normalized spacial score (nSPS) is 27.1. The van der Waals surface area contributed by atoms with Gasteiger partial charge in [-0.15, -0.1) is 11.8 Å². The summed E-state index contributed by atoms with van der Waals surface area (Å²) in [5, 5.41) is 9.83. The Kier molecular flexibility index (Phi) is 5.20. The number of nitriles is 1. The van der Waals surface area contributed by atoms with E-state index < -0.39 is 0 Å². The maximum absolute atomic E-state index is 9.40. The van der Waals surface area contributed by atoms with Crippen LogP contribution in [0.25, 0.3) is 0 Å². The number of rotatable bonds is 2. The standard InChI is InChI=1S/C17H22BrNS/c1-17(2,3)13-5-4-12(11-19)16(10-13)20-15-8-6-14(18)7-9-15/h6-9,12-13,16H,4-5,10H2,1-3H3. The van der Waals surface area contributed by atoms with Crippen molar-refractivity contribution in [3.8, 4) is 6.07 Å². The van der Waals surface area contributed by atoms with Gasteiger partial charge >= 0.3 is 0 Å². The van der Waals surface area contributed by atoms with Crippen LogP contribution in [0.15, 0.2) is 33.6 Å². The number of halogens is 1. The van der Waals surface area contributed by atoms with Crippen LogP contribution in [0.5, 0.6) is 0 Å². The smallest absolute Gasteiger partial charge is 0.0667 e. The molecule has 1 aromatic rings. The number of nitrogens with zero attached hydrogens (tertiary/aromatic N) is 1. The van der Waals surface area contributed by atoms with Gasteiger partial charge in [0.1, 0.15) is 0 Å². The average Bonchev–Trinajstić information content (AvgIpc) is 2.40. The van der Waals surface area contributed by atoms with Crippen LogP contribution in [-0.2, 0) is 0 Å². The summed E-state index contributed by atoms with van der Waals surface area (Å²) in [7, 11) is 0. The molecule has 0 heterocycles. The number of thioether (sulfide) groups is 1. The first-order chi connectivity index (χ1) is 9.40. The van der Waals surface area contributed by atoms with Crippen LogP contribution in [0.2, 0.25) is 0 Å². The third kappa shape index (κ3) is 4.02. The van der Waals surface area contributed by atoms with E-state index in [1.165, 1.54) is 11.3 Å². The van der Waals surface area contributed by atoms with Gasteiger partial charge < -0.3 is 0 Å². The predicted octanol–water partition coefficient (Wildman–Crippen LogP) is 5.90. The molecule has 0 N–H and O–H groups in total. The molecule has 1 fully saturated rings. The van der Waals surface area contributed by atoms with Crippen molar-refractivity contribution in [1.82, 2.24) is 0 Å². The van der Waals surface area contributed by atoms with Gasteiger partial charge in [-0.05, 0) is 54.9 Å². The number of hydrogen-bond acceptors (Lipinski definition) is 2. The molecule has 108 valence electrons. The third-order valence-electron chi connectivity index (χ3n) is 4.28. The number of hydrogen-bond donors (Lipinski definition) is 0. The molecule has 2 rings (SSSR count). The fourth-order valence-electron chi connectivity index (χ4n) is 2.88. The van der Waals surface area contributed by atoms with Gasteiger partial charge in [0.05, 0.1) is 12.0 Å². The first kappa shape index (κ1) is 15.9. The molecule has 3 unspecified atom stereocenters.